The summed E-state index contributed by atoms with van der Waals surface area (Å²) in [4.78, 5) is 9.10. The van der Waals surface area contributed by atoms with Crippen molar-refractivity contribution in [3.8, 4) is 0 Å². The third-order valence-electron chi connectivity index (χ3n) is 3.80. The molecular weight excluding hydrogens is 240 g/mol. The second kappa shape index (κ2) is 6.19. The van der Waals surface area contributed by atoms with Crippen molar-refractivity contribution in [3.05, 3.63) is 11.4 Å². The van der Waals surface area contributed by atoms with Crippen LogP contribution in [-0.2, 0) is 11.2 Å². The van der Waals surface area contributed by atoms with Crippen molar-refractivity contribution < 1.29 is 4.74 Å². The normalized spacial score (nSPS) is 22.5. The molecule has 2 atom stereocenters. The summed E-state index contributed by atoms with van der Waals surface area (Å²) in [6, 6.07) is 0.452. The van der Waals surface area contributed by atoms with Crippen LogP contribution in [0, 0.1) is 6.92 Å². The number of aromatic nitrogens is 2. The Kier molecular flexibility index (Phi) is 4.58. The quantitative estimate of drug-likeness (QED) is 0.855. The third kappa shape index (κ3) is 3.15. The molecule has 0 spiro atoms. The molecule has 0 aliphatic heterocycles. The maximum Gasteiger partial charge on any atom is 0.134 e. The minimum atomic E-state index is 0.383. The fraction of sp³-hybridized carbons (Fsp3) is 0.714. The van der Waals surface area contributed by atoms with Gasteiger partial charge in [0.15, 0.2) is 0 Å². The molecule has 2 N–H and O–H groups in total. The van der Waals surface area contributed by atoms with E-state index in [1.165, 1.54) is 0 Å². The average molecular weight is 264 g/mol. The number of hydrogen-bond donors (Lipinski definition) is 2. The standard InChI is InChI=1S/C14H24N4O/c1-5-12-17-13(15-3)9(2)14(18-12)16-10-6-7-11(8-10)19-4/h10-11H,5-8H2,1-4H3,(H2,15,16,17,18). The van der Waals surface area contributed by atoms with Crippen molar-refractivity contribution in [2.24, 2.45) is 0 Å². The molecule has 1 heterocycles. The number of hydrogen-bond acceptors (Lipinski definition) is 5. The molecule has 5 heteroatoms. The first-order valence-electron chi connectivity index (χ1n) is 7.02. The number of rotatable bonds is 5. The van der Waals surface area contributed by atoms with E-state index in [1.807, 2.05) is 7.05 Å². The summed E-state index contributed by atoms with van der Waals surface area (Å²) in [6.45, 7) is 4.13. The van der Waals surface area contributed by atoms with E-state index < -0.39 is 0 Å². The largest absolute Gasteiger partial charge is 0.381 e. The van der Waals surface area contributed by atoms with Gasteiger partial charge in [0.25, 0.3) is 0 Å². The van der Waals surface area contributed by atoms with Gasteiger partial charge in [0.05, 0.1) is 6.10 Å². The van der Waals surface area contributed by atoms with Crippen LogP contribution in [0.4, 0.5) is 11.6 Å². The molecule has 106 valence electrons. The zero-order valence-electron chi connectivity index (χ0n) is 12.3. The van der Waals surface area contributed by atoms with Crippen LogP contribution in [0.1, 0.15) is 37.6 Å². The highest BCUT2D eigenvalue weighted by Crippen LogP contribution is 2.27. The zero-order chi connectivity index (χ0) is 13.8. The van der Waals surface area contributed by atoms with E-state index in [4.69, 9.17) is 4.74 Å². The van der Waals surface area contributed by atoms with Crippen LogP contribution >= 0.6 is 0 Å². The molecule has 0 bridgehead atoms. The van der Waals surface area contributed by atoms with E-state index in [-0.39, 0.29) is 0 Å². The van der Waals surface area contributed by atoms with Crippen molar-refractivity contribution in [1.82, 2.24) is 9.97 Å². The highest BCUT2D eigenvalue weighted by atomic mass is 16.5. The number of aryl methyl sites for hydroxylation is 1. The summed E-state index contributed by atoms with van der Waals surface area (Å²) in [6.07, 6.45) is 4.54. The maximum atomic E-state index is 5.41. The van der Waals surface area contributed by atoms with Gasteiger partial charge in [-0.05, 0) is 26.2 Å². The van der Waals surface area contributed by atoms with E-state index in [1.54, 1.807) is 7.11 Å². The predicted octanol–water partition coefficient (Wildman–Crippen LogP) is 2.37. The molecule has 19 heavy (non-hydrogen) atoms. The second-order valence-corrected chi connectivity index (χ2v) is 5.08. The van der Waals surface area contributed by atoms with Gasteiger partial charge in [-0.3, -0.25) is 0 Å². The number of nitrogens with zero attached hydrogens (tertiary/aromatic N) is 2. The van der Waals surface area contributed by atoms with Crippen LogP contribution in [0.25, 0.3) is 0 Å². The van der Waals surface area contributed by atoms with Gasteiger partial charge in [-0.1, -0.05) is 6.92 Å². The smallest absolute Gasteiger partial charge is 0.134 e. The predicted molar refractivity (Wildman–Crippen MR) is 77.8 cm³/mol. The Morgan fingerprint density at radius 1 is 1.26 bits per heavy atom. The molecule has 2 rings (SSSR count). The molecule has 2 unspecified atom stereocenters. The number of ether oxygens (including phenoxy) is 1. The summed E-state index contributed by atoms with van der Waals surface area (Å²) in [5.74, 6) is 2.74. The molecule has 1 saturated carbocycles. The van der Waals surface area contributed by atoms with E-state index in [0.717, 1.165) is 48.7 Å². The molecular formula is C14H24N4O. The molecule has 1 aliphatic rings. The molecule has 5 nitrogen and oxygen atoms in total. The van der Waals surface area contributed by atoms with Crippen LogP contribution in [0.5, 0.6) is 0 Å². The number of methoxy groups -OCH3 is 1. The second-order valence-electron chi connectivity index (χ2n) is 5.08. The minimum Gasteiger partial charge on any atom is -0.381 e. The maximum absolute atomic E-state index is 5.41. The lowest BCUT2D eigenvalue weighted by molar-refractivity contribution is 0.108. The Morgan fingerprint density at radius 2 is 2.00 bits per heavy atom. The van der Waals surface area contributed by atoms with Crippen molar-refractivity contribution in [3.63, 3.8) is 0 Å². The lowest BCUT2D eigenvalue weighted by Gasteiger charge is -2.17. The highest BCUT2D eigenvalue weighted by Gasteiger charge is 2.25. The Balaban J connectivity index is 2.15. The minimum absolute atomic E-state index is 0.383. The first-order chi connectivity index (χ1) is 9.17. The van der Waals surface area contributed by atoms with E-state index in [2.05, 4.69) is 34.4 Å². The Labute approximate surface area is 115 Å². The molecule has 1 aliphatic carbocycles. The van der Waals surface area contributed by atoms with Crippen LogP contribution in [0.3, 0.4) is 0 Å². The molecule has 0 aromatic carbocycles. The Bertz CT molecular complexity index is 436. The van der Waals surface area contributed by atoms with Crippen LogP contribution in [-0.4, -0.2) is 36.3 Å². The lowest BCUT2D eigenvalue weighted by atomic mass is 10.2. The van der Waals surface area contributed by atoms with Gasteiger partial charge in [0.1, 0.15) is 17.5 Å². The summed E-state index contributed by atoms with van der Waals surface area (Å²) in [7, 11) is 3.69. The monoisotopic (exact) mass is 264 g/mol. The third-order valence-corrected chi connectivity index (χ3v) is 3.80. The van der Waals surface area contributed by atoms with E-state index in [9.17, 15) is 0 Å². The summed E-state index contributed by atoms with van der Waals surface area (Å²) >= 11 is 0. The molecule has 0 radical (unpaired) electrons. The lowest BCUT2D eigenvalue weighted by Crippen LogP contribution is -2.20. The van der Waals surface area contributed by atoms with Crippen molar-refractivity contribution >= 4 is 11.6 Å². The summed E-state index contributed by atoms with van der Waals surface area (Å²) in [5, 5.41) is 6.69. The summed E-state index contributed by atoms with van der Waals surface area (Å²) < 4.78 is 5.41. The molecule has 0 amide bonds. The van der Waals surface area contributed by atoms with E-state index >= 15 is 0 Å². The van der Waals surface area contributed by atoms with Gasteiger partial charge in [-0.25, -0.2) is 9.97 Å². The number of anilines is 2. The summed E-state index contributed by atoms with van der Waals surface area (Å²) in [5.41, 5.74) is 1.08. The van der Waals surface area contributed by atoms with Gasteiger partial charge < -0.3 is 15.4 Å². The van der Waals surface area contributed by atoms with Crippen molar-refractivity contribution in [2.45, 2.75) is 51.7 Å². The van der Waals surface area contributed by atoms with Crippen molar-refractivity contribution in [2.75, 3.05) is 24.8 Å². The van der Waals surface area contributed by atoms with Gasteiger partial charge in [-0.15, -0.1) is 0 Å². The van der Waals surface area contributed by atoms with Crippen LogP contribution in [0.2, 0.25) is 0 Å². The van der Waals surface area contributed by atoms with Gasteiger partial charge >= 0.3 is 0 Å². The fourth-order valence-corrected chi connectivity index (χ4v) is 2.58. The molecule has 1 aromatic rings. The van der Waals surface area contributed by atoms with Crippen LogP contribution in [0.15, 0.2) is 0 Å². The SMILES string of the molecule is CCc1nc(NC)c(C)c(NC2CCC(OC)C2)n1. The van der Waals surface area contributed by atoms with Gasteiger partial charge in [-0.2, -0.15) is 0 Å². The first-order valence-corrected chi connectivity index (χ1v) is 7.02. The zero-order valence-corrected chi connectivity index (χ0v) is 12.3. The van der Waals surface area contributed by atoms with Crippen LogP contribution < -0.4 is 10.6 Å². The average Bonchev–Trinajstić information content (AvgIpc) is 2.88. The topological polar surface area (TPSA) is 59.1 Å². The van der Waals surface area contributed by atoms with Gasteiger partial charge in [0, 0.05) is 32.2 Å². The Morgan fingerprint density at radius 3 is 2.58 bits per heavy atom. The fourth-order valence-electron chi connectivity index (χ4n) is 2.58. The Hall–Kier alpha value is -1.36. The van der Waals surface area contributed by atoms with E-state index in [0.29, 0.717) is 12.1 Å². The molecule has 0 saturated heterocycles. The molecule has 1 aromatic heterocycles. The highest BCUT2D eigenvalue weighted by molar-refractivity contribution is 5.57. The molecule has 1 fully saturated rings. The first kappa shape index (κ1) is 14.1. The van der Waals surface area contributed by atoms with Crippen molar-refractivity contribution in [1.29, 1.82) is 0 Å². The number of nitrogens with one attached hydrogen (secondary N) is 2. The van der Waals surface area contributed by atoms with Gasteiger partial charge in [0.2, 0.25) is 0 Å².